The van der Waals surface area contributed by atoms with E-state index in [0.717, 1.165) is 10.2 Å². The van der Waals surface area contributed by atoms with Crippen molar-refractivity contribution in [3.63, 3.8) is 0 Å². The van der Waals surface area contributed by atoms with E-state index in [0.29, 0.717) is 10.9 Å². The van der Waals surface area contributed by atoms with Crippen LogP contribution in [0.25, 0.3) is 0 Å². The summed E-state index contributed by atoms with van der Waals surface area (Å²) in [6.07, 6.45) is 0.0976. The molecule has 1 aliphatic rings. The van der Waals surface area contributed by atoms with Crippen LogP contribution in [0.15, 0.2) is 64.1 Å². The SMILES string of the molecule is O=C(C[C@@H]1SC(=Nc2ccccc2)NC1=O)Nc1ccc(Br)cc1. The zero-order chi connectivity index (χ0) is 16.9. The zero-order valence-electron chi connectivity index (χ0n) is 12.5. The van der Waals surface area contributed by atoms with Gasteiger partial charge in [0.25, 0.3) is 0 Å². The fourth-order valence-corrected chi connectivity index (χ4v) is 3.38. The average molecular weight is 404 g/mol. The summed E-state index contributed by atoms with van der Waals surface area (Å²) < 4.78 is 0.938. The molecule has 1 atom stereocenters. The lowest BCUT2D eigenvalue weighted by Crippen LogP contribution is -2.28. The lowest BCUT2D eigenvalue weighted by atomic mass is 10.2. The van der Waals surface area contributed by atoms with Crippen molar-refractivity contribution < 1.29 is 9.59 Å². The van der Waals surface area contributed by atoms with Crippen molar-refractivity contribution >= 4 is 56.0 Å². The number of rotatable bonds is 4. The molecule has 122 valence electrons. The number of thioether (sulfide) groups is 1. The Morgan fingerprint density at radius 3 is 2.58 bits per heavy atom. The Labute approximate surface area is 152 Å². The van der Waals surface area contributed by atoms with Crippen LogP contribution in [0.1, 0.15) is 6.42 Å². The summed E-state index contributed by atoms with van der Waals surface area (Å²) >= 11 is 4.62. The molecule has 1 saturated heterocycles. The molecule has 2 N–H and O–H groups in total. The molecule has 2 aromatic rings. The van der Waals surface area contributed by atoms with Gasteiger partial charge in [-0.3, -0.25) is 9.59 Å². The summed E-state index contributed by atoms with van der Waals surface area (Å²) in [4.78, 5) is 28.5. The molecule has 1 heterocycles. The summed E-state index contributed by atoms with van der Waals surface area (Å²) in [6.45, 7) is 0. The van der Waals surface area contributed by atoms with E-state index in [1.807, 2.05) is 42.5 Å². The van der Waals surface area contributed by atoms with E-state index >= 15 is 0 Å². The van der Waals surface area contributed by atoms with E-state index in [9.17, 15) is 9.59 Å². The van der Waals surface area contributed by atoms with E-state index < -0.39 is 5.25 Å². The smallest absolute Gasteiger partial charge is 0.240 e. The van der Waals surface area contributed by atoms with Crippen molar-refractivity contribution in [2.75, 3.05) is 5.32 Å². The van der Waals surface area contributed by atoms with Crippen molar-refractivity contribution in [3.8, 4) is 0 Å². The largest absolute Gasteiger partial charge is 0.326 e. The van der Waals surface area contributed by atoms with E-state index in [2.05, 4.69) is 31.6 Å². The van der Waals surface area contributed by atoms with Gasteiger partial charge in [0.15, 0.2) is 5.17 Å². The number of anilines is 1. The highest BCUT2D eigenvalue weighted by atomic mass is 79.9. The van der Waals surface area contributed by atoms with Crippen molar-refractivity contribution in [1.29, 1.82) is 0 Å². The van der Waals surface area contributed by atoms with Gasteiger partial charge < -0.3 is 10.6 Å². The number of carbonyl (C=O) groups excluding carboxylic acids is 2. The predicted octanol–water partition coefficient (Wildman–Crippen LogP) is 3.70. The summed E-state index contributed by atoms with van der Waals surface area (Å²) in [5, 5.41) is 5.56. The Balaban J connectivity index is 1.59. The first kappa shape index (κ1) is 16.7. The van der Waals surface area contributed by atoms with Gasteiger partial charge in [0, 0.05) is 16.6 Å². The molecule has 0 aliphatic carbocycles. The zero-order valence-corrected chi connectivity index (χ0v) is 14.9. The van der Waals surface area contributed by atoms with Gasteiger partial charge >= 0.3 is 0 Å². The van der Waals surface area contributed by atoms with Gasteiger partial charge in [-0.05, 0) is 36.4 Å². The second-order valence-corrected chi connectivity index (χ2v) is 7.21. The third-order valence-electron chi connectivity index (χ3n) is 3.26. The number of hydrogen-bond acceptors (Lipinski definition) is 4. The molecule has 0 unspecified atom stereocenters. The fraction of sp³-hybridized carbons (Fsp3) is 0.118. The number of nitrogens with zero attached hydrogens (tertiary/aromatic N) is 1. The fourth-order valence-electron chi connectivity index (χ4n) is 2.13. The maximum Gasteiger partial charge on any atom is 0.240 e. The summed E-state index contributed by atoms with van der Waals surface area (Å²) in [6, 6.07) is 16.7. The number of nitrogens with one attached hydrogen (secondary N) is 2. The summed E-state index contributed by atoms with van der Waals surface area (Å²) in [5.41, 5.74) is 1.46. The molecule has 7 heteroatoms. The quantitative estimate of drug-likeness (QED) is 0.817. The molecule has 5 nitrogen and oxygen atoms in total. The molecule has 0 radical (unpaired) electrons. The lowest BCUT2D eigenvalue weighted by molar-refractivity contribution is -0.122. The van der Waals surface area contributed by atoms with Crippen molar-refractivity contribution in [2.45, 2.75) is 11.7 Å². The van der Waals surface area contributed by atoms with Gasteiger partial charge in [-0.2, -0.15) is 0 Å². The number of hydrogen-bond donors (Lipinski definition) is 2. The highest BCUT2D eigenvalue weighted by Crippen LogP contribution is 2.25. The molecule has 1 fully saturated rings. The van der Waals surface area contributed by atoms with Gasteiger partial charge in [0.05, 0.1) is 5.69 Å². The lowest BCUT2D eigenvalue weighted by Gasteiger charge is -2.07. The van der Waals surface area contributed by atoms with E-state index in [1.165, 1.54) is 11.8 Å². The van der Waals surface area contributed by atoms with Crippen LogP contribution in [0.2, 0.25) is 0 Å². The minimum Gasteiger partial charge on any atom is -0.326 e. The molecule has 2 aromatic carbocycles. The summed E-state index contributed by atoms with van der Waals surface area (Å²) in [7, 11) is 0. The third kappa shape index (κ3) is 4.46. The maximum atomic E-state index is 12.1. The van der Waals surface area contributed by atoms with Crippen LogP contribution in [-0.2, 0) is 9.59 Å². The number of halogens is 1. The number of para-hydroxylation sites is 1. The first-order valence-corrected chi connectivity index (χ1v) is 8.94. The monoisotopic (exact) mass is 403 g/mol. The van der Waals surface area contributed by atoms with Crippen molar-refractivity contribution in [3.05, 3.63) is 59.1 Å². The van der Waals surface area contributed by atoms with Crippen LogP contribution < -0.4 is 10.6 Å². The van der Waals surface area contributed by atoms with Crippen LogP contribution in [0.5, 0.6) is 0 Å². The first-order valence-electron chi connectivity index (χ1n) is 7.27. The van der Waals surface area contributed by atoms with E-state index in [4.69, 9.17) is 0 Å². The van der Waals surface area contributed by atoms with Crippen LogP contribution in [0.4, 0.5) is 11.4 Å². The molecule has 0 saturated carbocycles. The Morgan fingerprint density at radius 1 is 1.17 bits per heavy atom. The highest BCUT2D eigenvalue weighted by molar-refractivity contribution is 9.10. The minimum absolute atomic E-state index is 0.0976. The molecule has 0 bridgehead atoms. The van der Waals surface area contributed by atoms with Crippen LogP contribution in [-0.4, -0.2) is 22.2 Å². The van der Waals surface area contributed by atoms with Gasteiger partial charge in [0.1, 0.15) is 5.25 Å². The molecular weight excluding hydrogens is 390 g/mol. The molecule has 2 amide bonds. The van der Waals surface area contributed by atoms with Crippen molar-refractivity contribution in [1.82, 2.24) is 5.32 Å². The highest BCUT2D eigenvalue weighted by Gasteiger charge is 2.32. The average Bonchev–Trinajstić information content (AvgIpc) is 2.90. The molecule has 1 aliphatic heterocycles. The van der Waals surface area contributed by atoms with Gasteiger partial charge in [-0.1, -0.05) is 45.9 Å². The van der Waals surface area contributed by atoms with Gasteiger partial charge in [-0.15, -0.1) is 0 Å². The van der Waals surface area contributed by atoms with Crippen LogP contribution >= 0.6 is 27.7 Å². The third-order valence-corrected chi connectivity index (χ3v) is 4.87. The topological polar surface area (TPSA) is 70.6 Å². The normalized spacial score (nSPS) is 18.5. The van der Waals surface area contributed by atoms with Gasteiger partial charge in [0.2, 0.25) is 11.8 Å². The summed E-state index contributed by atoms with van der Waals surface area (Å²) in [5.74, 6) is -0.397. The Bertz CT molecular complexity index is 778. The molecule has 3 rings (SSSR count). The second kappa shape index (κ2) is 7.63. The number of carbonyl (C=O) groups is 2. The van der Waals surface area contributed by atoms with Crippen molar-refractivity contribution in [2.24, 2.45) is 4.99 Å². The van der Waals surface area contributed by atoms with Crippen LogP contribution in [0.3, 0.4) is 0 Å². The minimum atomic E-state index is -0.470. The number of benzene rings is 2. The van der Waals surface area contributed by atoms with Crippen LogP contribution in [0, 0.1) is 0 Å². The number of amides is 2. The maximum absolute atomic E-state index is 12.1. The molecule has 0 aromatic heterocycles. The Hall–Kier alpha value is -2.12. The van der Waals surface area contributed by atoms with E-state index in [1.54, 1.807) is 12.1 Å². The Morgan fingerprint density at radius 2 is 1.88 bits per heavy atom. The van der Waals surface area contributed by atoms with E-state index in [-0.39, 0.29) is 18.2 Å². The molecule has 0 spiro atoms. The number of amidine groups is 1. The van der Waals surface area contributed by atoms with Gasteiger partial charge in [-0.25, -0.2) is 4.99 Å². The standard InChI is InChI=1S/C17H14BrN3O2S/c18-11-6-8-13(9-7-11)19-15(22)10-14-16(23)21-17(24-14)20-12-4-2-1-3-5-12/h1-9,14H,10H2,(H,19,22)(H,20,21,23)/t14-/m0/s1. The Kier molecular flexibility index (Phi) is 5.32. The first-order chi connectivity index (χ1) is 11.6. The molecule has 24 heavy (non-hydrogen) atoms. The number of aliphatic imine (C=N–C) groups is 1. The second-order valence-electron chi connectivity index (χ2n) is 5.11. The predicted molar refractivity (Wildman–Crippen MR) is 100 cm³/mol. The molecular formula is C17H14BrN3O2S.